The minimum absolute atomic E-state index is 0.217. The summed E-state index contributed by atoms with van der Waals surface area (Å²) in [6, 6.07) is 11.5. The normalized spacial score (nSPS) is 21.3. The third kappa shape index (κ3) is 4.29. The zero-order valence-electron chi connectivity index (χ0n) is 19.6. The van der Waals surface area contributed by atoms with Crippen LogP contribution in [0.15, 0.2) is 65.5 Å². The molecule has 2 aliphatic rings. The Hall–Kier alpha value is -3.66. The molecule has 3 heterocycles. The smallest absolute Gasteiger partial charge is 0.257 e. The third-order valence-electron chi connectivity index (χ3n) is 6.32. The number of amidine groups is 1. The van der Waals surface area contributed by atoms with Crippen LogP contribution in [0.4, 0.5) is 4.39 Å². The van der Waals surface area contributed by atoms with Crippen LogP contribution in [0.1, 0.15) is 23.7 Å². The van der Waals surface area contributed by atoms with Crippen molar-refractivity contribution in [3.8, 4) is 11.4 Å². The predicted molar refractivity (Wildman–Crippen MR) is 130 cm³/mol. The molecule has 2 aliphatic heterocycles. The van der Waals surface area contributed by atoms with Crippen LogP contribution in [0.25, 0.3) is 11.4 Å². The molecule has 0 fully saturated rings. The number of rotatable bonds is 4. The summed E-state index contributed by atoms with van der Waals surface area (Å²) in [4.78, 5) is 6.18. The second-order valence-corrected chi connectivity index (χ2v) is 10.4. The van der Waals surface area contributed by atoms with Crippen LogP contribution >= 0.6 is 0 Å². The molecule has 10 heteroatoms. The maximum atomic E-state index is 13.6. The van der Waals surface area contributed by atoms with E-state index in [1.807, 2.05) is 47.7 Å². The standard InChI is InChI=1S/C25H25FN4O4S/c1-17-14-29(16-27-17)21-9-4-18(12-23(21)33-3)22-13-24-28-35(31,32)15-25(2,30(24)10-11-34-22)19-5-7-20(26)8-6-19/h4-9,12-14,16H,10-11,15H2,1-3H3. The Bertz CT molecular complexity index is 1450. The molecule has 182 valence electrons. The lowest BCUT2D eigenvalue weighted by Gasteiger charge is -2.44. The van der Waals surface area contributed by atoms with Crippen LogP contribution in [0.5, 0.6) is 5.75 Å². The molecule has 0 saturated carbocycles. The van der Waals surface area contributed by atoms with E-state index in [1.165, 1.54) is 12.1 Å². The van der Waals surface area contributed by atoms with E-state index in [0.717, 1.165) is 16.9 Å². The molecular formula is C25H25FN4O4S. The van der Waals surface area contributed by atoms with Crippen LogP contribution < -0.4 is 4.74 Å². The molecular weight excluding hydrogens is 471 g/mol. The molecule has 2 aromatic carbocycles. The van der Waals surface area contributed by atoms with E-state index in [1.54, 1.807) is 31.6 Å². The highest BCUT2D eigenvalue weighted by atomic mass is 32.2. The summed E-state index contributed by atoms with van der Waals surface area (Å²) < 4.78 is 56.8. The van der Waals surface area contributed by atoms with Gasteiger partial charge in [-0.2, -0.15) is 0 Å². The van der Waals surface area contributed by atoms with Gasteiger partial charge in [0.1, 0.15) is 29.8 Å². The number of aromatic nitrogens is 2. The van der Waals surface area contributed by atoms with Crippen LogP contribution in [-0.4, -0.2) is 54.7 Å². The summed E-state index contributed by atoms with van der Waals surface area (Å²) in [5, 5.41) is 0. The lowest BCUT2D eigenvalue weighted by atomic mass is 9.91. The fourth-order valence-electron chi connectivity index (χ4n) is 4.59. The molecule has 1 atom stereocenters. The van der Waals surface area contributed by atoms with Gasteiger partial charge in [-0.3, -0.25) is 0 Å². The number of aryl methyl sites for hydroxylation is 1. The molecule has 1 unspecified atom stereocenters. The molecule has 0 amide bonds. The molecule has 5 rings (SSSR count). The highest BCUT2D eigenvalue weighted by Crippen LogP contribution is 2.37. The van der Waals surface area contributed by atoms with Gasteiger partial charge in [-0.15, -0.1) is 4.40 Å². The number of sulfonamides is 1. The van der Waals surface area contributed by atoms with Crippen LogP contribution in [0, 0.1) is 12.7 Å². The van der Waals surface area contributed by atoms with Gasteiger partial charge in [0.2, 0.25) is 0 Å². The predicted octanol–water partition coefficient (Wildman–Crippen LogP) is 3.66. The molecule has 0 saturated heterocycles. The van der Waals surface area contributed by atoms with Crippen LogP contribution in [-0.2, 0) is 20.3 Å². The first-order valence-electron chi connectivity index (χ1n) is 11.1. The largest absolute Gasteiger partial charge is 0.495 e. The van der Waals surface area contributed by atoms with E-state index in [2.05, 4.69) is 9.38 Å². The van der Waals surface area contributed by atoms with Crippen molar-refractivity contribution in [1.29, 1.82) is 0 Å². The summed E-state index contributed by atoms with van der Waals surface area (Å²) in [6.45, 7) is 4.46. The van der Waals surface area contributed by atoms with Gasteiger partial charge in [0.05, 0.1) is 42.7 Å². The van der Waals surface area contributed by atoms with E-state index < -0.39 is 15.6 Å². The van der Waals surface area contributed by atoms with Crippen LogP contribution in [0.2, 0.25) is 0 Å². The maximum absolute atomic E-state index is 13.6. The molecule has 0 aliphatic carbocycles. The van der Waals surface area contributed by atoms with E-state index in [9.17, 15) is 12.8 Å². The zero-order valence-corrected chi connectivity index (χ0v) is 20.4. The topological polar surface area (TPSA) is 86.0 Å². The van der Waals surface area contributed by atoms with Gasteiger partial charge in [-0.05, 0) is 49.7 Å². The van der Waals surface area contributed by atoms with Crippen molar-refractivity contribution in [3.05, 3.63) is 83.7 Å². The number of fused-ring (bicyclic) bond motifs is 1. The summed E-state index contributed by atoms with van der Waals surface area (Å²) in [5.74, 6) is 0.778. The van der Waals surface area contributed by atoms with E-state index >= 15 is 0 Å². The lowest BCUT2D eigenvalue weighted by Crippen LogP contribution is -2.54. The number of methoxy groups -OCH3 is 1. The Morgan fingerprint density at radius 2 is 1.94 bits per heavy atom. The monoisotopic (exact) mass is 496 g/mol. The van der Waals surface area contributed by atoms with Crippen LogP contribution in [0.3, 0.4) is 0 Å². The van der Waals surface area contributed by atoms with Crippen molar-refractivity contribution >= 4 is 21.6 Å². The number of benzene rings is 2. The van der Waals surface area contributed by atoms with Gasteiger partial charge in [-0.25, -0.2) is 17.8 Å². The van der Waals surface area contributed by atoms with Crippen molar-refractivity contribution in [2.75, 3.05) is 26.0 Å². The number of hydrogen-bond donors (Lipinski definition) is 0. The van der Waals surface area contributed by atoms with Crippen molar-refractivity contribution in [2.45, 2.75) is 19.4 Å². The zero-order chi connectivity index (χ0) is 24.8. The Kier molecular flexibility index (Phi) is 5.63. The fourth-order valence-corrected chi connectivity index (χ4v) is 6.13. The molecule has 3 aromatic rings. The number of ether oxygens (including phenoxy) is 2. The first-order chi connectivity index (χ1) is 16.7. The quantitative estimate of drug-likeness (QED) is 0.548. The van der Waals surface area contributed by atoms with Crippen molar-refractivity contribution in [2.24, 2.45) is 4.40 Å². The van der Waals surface area contributed by atoms with Gasteiger partial charge in [-0.1, -0.05) is 12.1 Å². The molecule has 35 heavy (non-hydrogen) atoms. The number of halogens is 1. The number of hydrogen-bond acceptors (Lipinski definition) is 6. The summed E-state index contributed by atoms with van der Waals surface area (Å²) >= 11 is 0. The molecule has 0 radical (unpaired) electrons. The molecule has 0 bridgehead atoms. The summed E-state index contributed by atoms with van der Waals surface area (Å²) in [5.41, 5.74) is 2.17. The van der Waals surface area contributed by atoms with Gasteiger partial charge < -0.3 is 18.9 Å². The Morgan fingerprint density at radius 1 is 1.17 bits per heavy atom. The van der Waals surface area contributed by atoms with Crippen molar-refractivity contribution in [3.63, 3.8) is 0 Å². The molecule has 0 spiro atoms. The van der Waals surface area contributed by atoms with Gasteiger partial charge >= 0.3 is 0 Å². The SMILES string of the molecule is COc1cc(C2=CC3=NS(=O)(=O)CC(C)(c4ccc(F)cc4)N3CCO2)ccc1-n1cnc(C)c1. The highest BCUT2D eigenvalue weighted by molar-refractivity contribution is 7.90. The Balaban J connectivity index is 1.56. The van der Waals surface area contributed by atoms with E-state index in [0.29, 0.717) is 30.2 Å². The first-order valence-corrected chi connectivity index (χ1v) is 12.7. The highest BCUT2D eigenvalue weighted by Gasteiger charge is 2.44. The third-order valence-corrected chi connectivity index (χ3v) is 7.71. The average molecular weight is 497 g/mol. The molecule has 1 aromatic heterocycles. The van der Waals surface area contributed by atoms with E-state index in [-0.39, 0.29) is 17.4 Å². The first kappa shape index (κ1) is 23.1. The average Bonchev–Trinajstić information content (AvgIpc) is 3.13. The van der Waals surface area contributed by atoms with Crippen molar-refractivity contribution < 1.29 is 22.3 Å². The van der Waals surface area contributed by atoms with Gasteiger partial charge in [0.15, 0.2) is 0 Å². The maximum Gasteiger partial charge on any atom is 0.257 e. The minimum atomic E-state index is -3.78. The van der Waals surface area contributed by atoms with E-state index in [4.69, 9.17) is 9.47 Å². The minimum Gasteiger partial charge on any atom is -0.495 e. The van der Waals surface area contributed by atoms with Crippen molar-refractivity contribution in [1.82, 2.24) is 14.5 Å². The molecule has 0 N–H and O–H groups in total. The molecule has 8 nitrogen and oxygen atoms in total. The number of nitrogens with zero attached hydrogens (tertiary/aromatic N) is 4. The second kappa shape index (κ2) is 8.53. The fraction of sp³-hybridized carbons (Fsp3) is 0.280. The Labute approximate surface area is 203 Å². The van der Waals surface area contributed by atoms with Gasteiger partial charge in [0.25, 0.3) is 10.0 Å². The second-order valence-electron chi connectivity index (χ2n) is 8.77. The lowest BCUT2D eigenvalue weighted by molar-refractivity contribution is 0.171. The summed E-state index contributed by atoms with van der Waals surface area (Å²) in [7, 11) is -2.19. The number of imidazole rings is 1. The Morgan fingerprint density at radius 3 is 2.63 bits per heavy atom. The van der Waals surface area contributed by atoms with Gasteiger partial charge in [0, 0.05) is 17.8 Å². The summed E-state index contributed by atoms with van der Waals surface area (Å²) in [6.07, 6.45) is 5.25.